The molecule has 214 valence electrons. The fraction of sp³-hybridized carbons (Fsp3) is 0.393. The Hall–Kier alpha value is -4.00. The lowest BCUT2D eigenvalue weighted by atomic mass is 10.1. The van der Waals surface area contributed by atoms with Crippen LogP contribution < -0.4 is 11.1 Å². The fourth-order valence-corrected chi connectivity index (χ4v) is 5.44. The number of anilines is 2. The molecule has 1 fully saturated rings. The molecule has 13 heteroatoms. The summed E-state index contributed by atoms with van der Waals surface area (Å²) in [6.07, 6.45) is 3.32. The van der Waals surface area contributed by atoms with Crippen molar-refractivity contribution in [2.24, 2.45) is 0 Å². The van der Waals surface area contributed by atoms with Crippen LogP contribution >= 0.6 is 11.6 Å². The van der Waals surface area contributed by atoms with Crippen molar-refractivity contribution in [3.8, 4) is 11.4 Å². The van der Waals surface area contributed by atoms with E-state index in [0.29, 0.717) is 50.2 Å². The van der Waals surface area contributed by atoms with Gasteiger partial charge in [0.1, 0.15) is 17.8 Å². The third-order valence-electron chi connectivity index (χ3n) is 7.49. The van der Waals surface area contributed by atoms with E-state index in [1.807, 2.05) is 48.5 Å². The SMILES string of the molecule is CN1CCN(CCn2ccc(NC(=O)c3ccc4c(Cl)c(-c5nn(C(C)(C)C)c6ncnc(N)c56)[nH]c4c3)n2)CC1. The number of nitrogens with zero attached hydrogens (tertiary/aromatic N) is 8. The van der Waals surface area contributed by atoms with Crippen LogP contribution in [0.2, 0.25) is 5.02 Å². The zero-order valence-electron chi connectivity index (χ0n) is 23.6. The van der Waals surface area contributed by atoms with Crippen LogP contribution in [-0.2, 0) is 12.1 Å². The van der Waals surface area contributed by atoms with Gasteiger partial charge in [0.25, 0.3) is 5.91 Å². The average Bonchev–Trinajstić information content (AvgIpc) is 3.64. The predicted molar refractivity (Wildman–Crippen MR) is 161 cm³/mol. The molecule has 0 atom stereocenters. The number of carbonyl (C=O) groups is 1. The van der Waals surface area contributed by atoms with Crippen molar-refractivity contribution in [2.75, 3.05) is 50.8 Å². The number of carbonyl (C=O) groups excluding carboxylic acids is 1. The molecule has 1 aromatic carbocycles. The quantitative estimate of drug-likeness (QED) is 0.279. The molecule has 0 unspecified atom stereocenters. The highest BCUT2D eigenvalue weighted by Gasteiger charge is 2.26. The number of aromatic amines is 1. The van der Waals surface area contributed by atoms with Gasteiger partial charge >= 0.3 is 0 Å². The minimum atomic E-state index is -0.349. The van der Waals surface area contributed by atoms with Gasteiger partial charge in [0.15, 0.2) is 11.5 Å². The van der Waals surface area contributed by atoms with Crippen molar-refractivity contribution < 1.29 is 4.79 Å². The maximum Gasteiger partial charge on any atom is 0.256 e. The smallest absolute Gasteiger partial charge is 0.256 e. The fourth-order valence-electron chi connectivity index (χ4n) is 5.14. The second-order valence-electron chi connectivity index (χ2n) is 11.5. The molecule has 5 heterocycles. The summed E-state index contributed by atoms with van der Waals surface area (Å²) in [6, 6.07) is 7.15. The summed E-state index contributed by atoms with van der Waals surface area (Å²) in [7, 11) is 2.15. The van der Waals surface area contributed by atoms with E-state index in [0.717, 1.165) is 44.7 Å². The molecule has 1 aliphatic heterocycles. The van der Waals surface area contributed by atoms with Crippen LogP contribution in [0.15, 0.2) is 36.8 Å². The maximum atomic E-state index is 13.1. The lowest BCUT2D eigenvalue weighted by Gasteiger charge is -2.32. The zero-order valence-corrected chi connectivity index (χ0v) is 24.4. The highest BCUT2D eigenvalue weighted by molar-refractivity contribution is 6.38. The number of nitrogen functional groups attached to an aromatic ring is 1. The predicted octanol–water partition coefficient (Wildman–Crippen LogP) is 3.66. The third-order valence-corrected chi connectivity index (χ3v) is 7.88. The maximum absolute atomic E-state index is 13.1. The Morgan fingerprint density at radius 3 is 2.63 bits per heavy atom. The van der Waals surface area contributed by atoms with E-state index >= 15 is 0 Å². The van der Waals surface area contributed by atoms with Gasteiger partial charge < -0.3 is 20.9 Å². The molecule has 0 aliphatic carbocycles. The number of hydrogen-bond acceptors (Lipinski definition) is 8. The van der Waals surface area contributed by atoms with Crippen molar-refractivity contribution >= 4 is 51.1 Å². The van der Waals surface area contributed by atoms with Gasteiger partial charge in [0.05, 0.1) is 28.2 Å². The van der Waals surface area contributed by atoms with Crippen LogP contribution in [0, 0.1) is 0 Å². The number of hydrogen-bond donors (Lipinski definition) is 3. The number of benzene rings is 1. The Balaban J connectivity index is 1.22. The van der Waals surface area contributed by atoms with E-state index in [1.165, 1.54) is 6.33 Å². The number of halogens is 1. The second kappa shape index (κ2) is 10.4. The number of fused-ring (bicyclic) bond motifs is 2. The van der Waals surface area contributed by atoms with Crippen molar-refractivity contribution in [2.45, 2.75) is 32.9 Å². The van der Waals surface area contributed by atoms with E-state index < -0.39 is 0 Å². The van der Waals surface area contributed by atoms with E-state index in [9.17, 15) is 4.79 Å². The first kappa shape index (κ1) is 27.2. The van der Waals surface area contributed by atoms with Crippen molar-refractivity contribution in [1.82, 2.24) is 44.3 Å². The molecular formula is C28H34ClN11O. The molecule has 4 N–H and O–H groups in total. The van der Waals surface area contributed by atoms with E-state index in [4.69, 9.17) is 22.4 Å². The number of nitrogens with one attached hydrogen (secondary N) is 2. The van der Waals surface area contributed by atoms with Crippen molar-refractivity contribution in [3.05, 3.63) is 47.4 Å². The Kier molecular flexibility index (Phi) is 6.92. The molecule has 1 amide bonds. The average molecular weight is 576 g/mol. The molecule has 0 radical (unpaired) electrons. The van der Waals surface area contributed by atoms with Gasteiger partial charge in [0.2, 0.25) is 0 Å². The van der Waals surface area contributed by atoms with Gasteiger partial charge in [-0.1, -0.05) is 17.7 Å². The second-order valence-corrected chi connectivity index (χ2v) is 11.9. The molecule has 41 heavy (non-hydrogen) atoms. The highest BCUT2D eigenvalue weighted by Crippen LogP contribution is 2.39. The third kappa shape index (κ3) is 5.25. The molecular weight excluding hydrogens is 542 g/mol. The summed E-state index contributed by atoms with van der Waals surface area (Å²) in [4.78, 5) is 29.9. The standard InChI is InChI=1S/C28H34ClN11O/c1-28(2,3)40-26-21(25(30)31-16-32-26)23(36-40)24-22(29)18-6-5-17(15-19(18)33-24)27(41)34-20-7-8-39(35-20)14-13-38-11-9-37(4)10-12-38/h5-8,15-16,33H,9-14H2,1-4H3,(H2,30,31,32)(H,34,35,41). The van der Waals surface area contributed by atoms with Crippen LogP contribution in [0.3, 0.4) is 0 Å². The van der Waals surface area contributed by atoms with Crippen LogP contribution in [-0.4, -0.2) is 90.0 Å². The molecule has 0 bridgehead atoms. The number of aromatic nitrogens is 7. The summed E-state index contributed by atoms with van der Waals surface area (Å²) in [6.45, 7) is 12.1. The van der Waals surface area contributed by atoms with Gasteiger partial charge in [-0.3, -0.25) is 14.4 Å². The van der Waals surface area contributed by atoms with E-state index in [2.05, 4.69) is 42.2 Å². The largest absolute Gasteiger partial charge is 0.383 e. The van der Waals surface area contributed by atoms with Crippen molar-refractivity contribution in [1.29, 1.82) is 0 Å². The first-order valence-corrected chi connectivity index (χ1v) is 14.0. The van der Waals surface area contributed by atoms with Gasteiger partial charge in [-0.25, -0.2) is 14.6 Å². The Labute approximate surface area is 242 Å². The molecule has 12 nitrogen and oxygen atoms in total. The van der Waals surface area contributed by atoms with Crippen LogP contribution in [0.25, 0.3) is 33.3 Å². The number of amides is 1. The lowest BCUT2D eigenvalue weighted by molar-refractivity contribution is 0.102. The van der Waals surface area contributed by atoms with E-state index in [1.54, 1.807) is 12.1 Å². The summed E-state index contributed by atoms with van der Waals surface area (Å²) in [5.41, 5.74) is 8.86. The summed E-state index contributed by atoms with van der Waals surface area (Å²) in [5, 5.41) is 14.1. The van der Waals surface area contributed by atoms with Gasteiger partial charge in [-0.05, 0) is 40.0 Å². The molecule has 0 saturated carbocycles. The zero-order chi connectivity index (χ0) is 28.9. The highest BCUT2D eigenvalue weighted by atomic mass is 35.5. The molecule has 5 aromatic rings. The summed E-state index contributed by atoms with van der Waals surface area (Å²) >= 11 is 6.84. The van der Waals surface area contributed by atoms with Gasteiger partial charge in [-0.15, -0.1) is 0 Å². The Morgan fingerprint density at radius 2 is 1.88 bits per heavy atom. The van der Waals surface area contributed by atoms with E-state index in [-0.39, 0.29) is 11.4 Å². The molecule has 1 aliphatic rings. The minimum Gasteiger partial charge on any atom is -0.383 e. The first-order valence-electron chi connectivity index (χ1n) is 13.7. The van der Waals surface area contributed by atoms with Crippen molar-refractivity contribution in [3.63, 3.8) is 0 Å². The molecule has 0 spiro atoms. The van der Waals surface area contributed by atoms with Gasteiger partial charge in [-0.2, -0.15) is 10.2 Å². The molecule has 4 aromatic heterocycles. The minimum absolute atomic E-state index is 0.261. The lowest BCUT2D eigenvalue weighted by Crippen LogP contribution is -2.45. The monoisotopic (exact) mass is 575 g/mol. The van der Waals surface area contributed by atoms with Crippen LogP contribution in [0.1, 0.15) is 31.1 Å². The summed E-state index contributed by atoms with van der Waals surface area (Å²) in [5.74, 6) is 0.565. The van der Waals surface area contributed by atoms with Gasteiger partial charge in [0, 0.05) is 61.5 Å². The number of H-pyrrole nitrogens is 1. The van der Waals surface area contributed by atoms with Crippen LogP contribution in [0.5, 0.6) is 0 Å². The summed E-state index contributed by atoms with van der Waals surface area (Å²) < 4.78 is 3.69. The topological polar surface area (TPSA) is 139 Å². The molecule has 1 saturated heterocycles. The normalized spacial score (nSPS) is 15.2. The number of nitrogens with two attached hydrogens (primary N) is 1. The Bertz CT molecular complexity index is 1740. The molecule has 6 rings (SSSR count). The first-order chi connectivity index (χ1) is 19.6. The van der Waals surface area contributed by atoms with Crippen LogP contribution in [0.4, 0.5) is 11.6 Å². The number of likely N-dealkylation sites (N-methyl/N-ethyl adjacent to an activating group) is 1. The Morgan fingerprint density at radius 1 is 1.10 bits per heavy atom. The number of rotatable bonds is 6. The number of piperazine rings is 1.